The van der Waals surface area contributed by atoms with Crippen molar-refractivity contribution in [1.82, 2.24) is 0 Å². The number of rotatable bonds is 2. The topological polar surface area (TPSA) is 35.2 Å². The molecule has 0 spiro atoms. The highest BCUT2D eigenvalue weighted by Gasteiger charge is 2.10. The Morgan fingerprint density at radius 3 is 2.54 bits per heavy atom. The summed E-state index contributed by atoms with van der Waals surface area (Å²) in [5, 5.41) is 0.758. The van der Waals surface area contributed by atoms with E-state index in [1.54, 1.807) is 7.11 Å². The second kappa shape index (κ2) is 3.99. The van der Waals surface area contributed by atoms with Crippen molar-refractivity contribution >= 4 is 11.6 Å². The highest BCUT2D eigenvalue weighted by molar-refractivity contribution is 6.32. The molecule has 1 rings (SSSR count). The maximum absolute atomic E-state index is 6.07. The number of nitrogens with two attached hydrogens (primary N) is 1. The van der Waals surface area contributed by atoms with E-state index in [2.05, 4.69) is 0 Å². The molecule has 3 heteroatoms. The van der Waals surface area contributed by atoms with E-state index < -0.39 is 0 Å². The van der Waals surface area contributed by atoms with Crippen molar-refractivity contribution in [2.75, 3.05) is 7.11 Å². The van der Waals surface area contributed by atoms with Gasteiger partial charge >= 0.3 is 0 Å². The zero-order valence-corrected chi connectivity index (χ0v) is 8.90. The molecule has 2 nitrogen and oxygen atoms in total. The summed E-state index contributed by atoms with van der Waals surface area (Å²) in [7, 11) is 1.63. The van der Waals surface area contributed by atoms with Crippen molar-refractivity contribution in [2.24, 2.45) is 5.73 Å². The Bertz CT molecular complexity index is 323. The zero-order chi connectivity index (χ0) is 10.0. The Morgan fingerprint density at radius 1 is 1.46 bits per heavy atom. The molecule has 0 atom stereocenters. The molecule has 0 bridgehead atoms. The molecule has 0 saturated carbocycles. The first-order valence-electron chi connectivity index (χ1n) is 4.14. The molecule has 0 saturated heterocycles. The van der Waals surface area contributed by atoms with Crippen LogP contribution in [0.15, 0.2) is 6.07 Å². The molecule has 0 aliphatic heterocycles. The minimum Gasteiger partial charge on any atom is -0.496 e. The molecule has 2 N–H and O–H groups in total. The number of halogens is 1. The van der Waals surface area contributed by atoms with Gasteiger partial charge < -0.3 is 10.5 Å². The van der Waals surface area contributed by atoms with Gasteiger partial charge in [-0.3, -0.25) is 0 Å². The zero-order valence-electron chi connectivity index (χ0n) is 8.15. The lowest BCUT2D eigenvalue weighted by Gasteiger charge is -2.13. The average molecular weight is 200 g/mol. The summed E-state index contributed by atoms with van der Waals surface area (Å²) in [5.41, 5.74) is 8.60. The van der Waals surface area contributed by atoms with Crippen LogP contribution in [-0.4, -0.2) is 7.11 Å². The van der Waals surface area contributed by atoms with Crippen LogP contribution in [-0.2, 0) is 6.54 Å². The quantitative estimate of drug-likeness (QED) is 0.794. The highest BCUT2D eigenvalue weighted by Crippen LogP contribution is 2.32. The Labute approximate surface area is 83.6 Å². The molecular formula is C10H14ClNO. The molecule has 0 heterocycles. The van der Waals surface area contributed by atoms with Gasteiger partial charge in [0.1, 0.15) is 5.75 Å². The predicted molar refractivity (Wildman–Crippen MR) is 55.4 cm³/mol. The first kappa shape index (κ1) is 10.4. The van der Waals surface area contributed by atoms with Crippen molar-refractivity contribution in [3.8, 4) is 5.75 Å². The standard InChI is InChI=1S/C10H14ClNO/c1-6-4-8(5-12)10(13-3)7(2)9(6)11/h4H,5,12H2,1-3H3. The van der Waals surface area contributed by atoms with Crippen LogP contribution >= 0.6 is 11.6 Å². The van der Waals surface area contributed by atoms with Gasteiger partial charge in [0.05, 0.1) is 12.1 Å². The van der Waals surface area contributed by atoms with Gasteiger partial charge in [0, 0.05) is 17.7 Å². The van der Waals surface area contributed by atoms with Gasteiger partial charge in [0.2, 0.25) is 0 Å². The number of hydrogen-bond donors (Lipinski definition) is 1. The van der Waals surface area contributed by atoms with Gasteiger partial charge in [0.15, 0.2) is 0 Å². The van der Waals surface area contributed by atoms with Crippen LogP contribution in [0.1, 0.15) is 16.7 Å². The van der Waals surface area contributed by atoms with Crippen LogP contribution in [0.25, 0.3) is 0 Å². The average Bonchev–Trinajstić information content (AvgIpc) is 2.13. The third-order valence-corrected chi connectivity index (χ3v) is 2.70. The van der Waals surface area contributed by atoms with E-state index in [4.69, 9.17) is 22.1 Å². The summed E-state index contributed by atoms with van der Waals surface area (Å²) in [6.07, 6.45) is 0. The van der Waals surface area contributed by atoms with Crippen LogP contribution in [0, 0.1) is 13.8 Å². The third-order valence-electron chi connectivity index (χ3n) is 2.12. The first-order valence-corrected chi connectivity index (χ1v) is 4.52. The van der Waals surface area contributed by atoms with E-state index in [-0.39, 0.29) is 0 Å². The number of aryl methyl sites for hydroxylation is 1. The Hall–Kier alpha value is -0.730. The van der Waals surface area contributed by atoms with E-state index >= 15 is 0 Å². The third kappa shape index (κ3) is 1.79. The summed E-state index contributed by atoms with van der Waals surface area (Å²) >= 11 is 6.07. The summed E-state index contributed by atoms with van der Waals surface area (Å²) in [5.74, 6) is 0.804. The van der Waals surface area contributed by atoms with Gasteiger partial charge in [-0.25, -0.2) is 0 Å². The van der Waals surface area contributed by atoms with Crippen molar-refractivity contribution in [3.63, 3.8) is 0 Å². The lowest BCUT2D eigenvalue weighted by Crippen LogP contribution is -2.02. The van der Waals surface area contributed by atoms with Crippen LogP contribution in [0.4, 0.5) is 0 Å². The highest BCUT2D eigenvalue weighted by atomic mass is 35.5. The molecule has 0 aliphatic rings. The molecule has 0 aromatic heterocycles. The lowest BCUT2D eigenvalue weighted by molar-refractivity contribution is 0.406. The Balaban J connectivity index is 3.39. The van der Waals surface area contributed by atoms with E-state index in [0.717, 1.165) is 27.5 Å². The summed E-state index contributed by atoms with van der Waals surface area (Å²) < 4.78 is 5.24. The molecule has 0 unspecified atom stereocenters. The predicted octanol–water partition coefficient (Wildman–Crippen LogP) is 2.42. The molecule has 13 heavy (non-hydrogen) atoms. The fourth-order valence-electron chi connectivity index (χ4n) is 1.46. The van der Waals surface area contributed by atoms with Crippen molar-refractivity contribution in [1.29, 1.82) is 0 Å². The lowest BCUT2D eigenvalue weighted by atomic mass is 10.1. The number of benzene rings is 1. The van der Waals surface area contributed by atoms with Crippen molar-refractivity contribution in [3.05, 3.63) is 27.8 Å². The molecule has 0 amide bonds. The van der Waals surface area contributed by atoms with Crippen LogP contribution in [0.2, 0.25) is 5.02 Å². The molecule has 0 fully saturated rings. The largest absolute Gasteiger partial charge is 0.496 e. The van der Waals surface area contributed by atoms with Gasteiger partial charge in [-0.05, 0) is 25.5 Å². The normalized spacial score (nSPS) is 10.2. The van der Waals surface area contributed by atoms with Crippen molar-refractivity contribution < 1.29 is 4.74 Å². The maximum atomic E-state index is 6.07. The summed E-state index contributed by atoms with van der Waals surface area (Å²) in [6, 6.07) is 1.97. The van der Waals surface area contributed by atoms with Gasteiger partial charge in [0.25, 0.3) is 0 Å². The first-order chi connectivity index (χ1) is 6.11. The van der Waals surface area contributed by atoms with E-state index in [1.807, 2.05) is 19.9 Å². The molecule has 0 aliphatic carbocycles. The van der Waals surface area contributed by atoms with Crippen LogP contribution in [0.5, 0.6) is 5.75 Å². The fourth-order valence-corrected chi connectivity index (χ4v) is 1.60. The number of methoxy groups -OCH3 is 1. The second-order valence-corrected chi connectivity index (χ2v) is 3.41. The SMILES string of the molecule is COc1c(CN)cc(C)c(Cl)c1C. The molecule has 1 aromatic rings. The Morgan fingerprint density at radius 2 is 2.08 bits per heavy atom. The Kier molecular flexibility index (Phi) is 3.17. The van der Waals surface area contributed by atoms with E-state index in [9.17, 15) is 0 Å². The molecule has 72 valence electrons. The van der Waals surface area contributed by atoms with Crippen LogP contribution in [0.3, 0.4) is 0 Å². The number of ether oxygens (including phenoxy) is 1. The molecule has 0 radical (unpaired) electrons. The minimum atomic E-state index is 0.474. The monoisotopic (exact) mass is 199 g/mol. The molecule has 1 aromatic carbocycles. The maximum Gasteiger partial charge on any atom is 0.127 e. The van der Waals surface area contributed by atoms with Gasteiger partial charge in [-0.2, -0.15) is 0 Å². The van der Waals surface area contributed by atoms with E-state index in [0.29, 0.717) is 6.54 Å². The van der Waals surface area contributed by atoms with Gasteiger partial charge in [-0.15, -0.1) is 0 Å². The van der Waals surface area contributed by atoms with E-state index in [1.165, 1.54) is 0 Å². The minimum absolute atomic E-state index is 0.474. The molecular weight excluding hydrogens is 186 g/mol. The smallest absolute Gasteiger partial charge is 0.127 e. The summed E-state index contributed by atoms with van der Waals surface area (Å²) in [4.78, 5) is 0. The van der Waals surface area contributed by atoms with Gasteiger partial charge in [-0.1, -0.05) is 11.6 Å². The fraction of sp³-hybridized carbons (Fsp3) is 0.400. The number of hydrogen-bond acceptors (Lipinski definition) is 2. The summed E-state index contributed by atoms with van der Waals surface area (Å²) in [6.45, 7) is 4.38. The second-order valence-electron chi connectivity index (χ2n) is 3.03. The van der Waals surface area contributed by atoms with Crippen molar-refractivity contribution in [2.45, 2.75) is 20.4 Å². The van der Waals surface area contributed by atoms with Crippen LogP contribution < -0.4 is 10.5 Å².